The van der Waals surface area contributed by atoms with Crippen LogP contribution in [0.4, 0.5) is 5.69 Å². The van der Waals surface area contributed by atoms with Gasteiger partial charge in [0.2, 0.25) is 5.91 Å². The third kappa shape index (κ3) is 6.19. The van der Waals surface area contributed by atoms with E-state index in [0.717, 1.165) is 15.4 Å². The lowest BCUT2D eigenvalue weighted by molar-refractivity contribution is -0.120. The Bertz CT molecular complexity index is 1250. The Morgan fingerprint density at radius 2 is 1.62 bits per heavy atom. The Labute approximate surface area is 207 Å². The molecule has 7 heteroatoms. The highest BCUT2D eigenvalue weighted by Crippen LogP contribution is 2.27. The zero-order chi connectivity index (χ0) is 25.1. The molecule has 1 N–H and O–H groups in total. The zero-order valence-corrected chi connectivity index (χ0v) is 21.7. The number of nitrogens with one attached hydrogen (secondary N) is 1. The largest absolute Gasteiger partial charge is 0.348 e. The maximum Gasteiger partial charge on any atom is 0.264 e. The number of rotatable bonds is 7. The number of halogens is 1. The van der Waals surface area contributed by atoms with Crippen LogP contribution in [0.1, 0.15) is 50.4 Å². The summed E-state index contributed by atoms with van der Waals surface area (Å²) in [6, 6.07) is 20.8. The Hall–Kier alpha value is -2.83. The predicted molar refractivity (Wildman–Crippen MR) is 139 cm³/mol. The molecular formula is C27H31ClN2O3S. The first-order chi connectivity index (χ1) is 15.9. The van der Waals surface area contributed by atoms with Gasteiger partial charge in [0.15, 0.2) is 0 Å². The second-order valence-electron chi connectivity index (χ2n) is 9.47. The van der Waals surface area contributed by atoms with Gasteiger partial charge in [-0.15, -0.1) is 0 Å². The summed E-state index contributed by atoms with van der Waals surface area (Å²) in [6.45, 7) is 9.82. The van der Waals surface area contributed by atoms with E-state index in [1.54, 1.807) is 42.5 Å². The minimum Gasteiger partial charge on any atom is -0.348 e. The second kappa shape index (κ2) is 10.2. The van der Waals surface area contributed by atoms with Crippen molar-refractivity contribution in [2.75, 3.05) is 10.8 Å². The fourth-order valence-electron chi connectivity index (χ4n) is 3.56. The molecule has 0 fully saturated rings. The summed E-state index contributed by atoms with van der Waals surface area (Å²) in [7, 11) is -3.99. The van der Waals surface area contributed by atoms with Crippen molar-refractivity contribution in [1.29, 1.82) is 0 Å². The van der Waals surface area contributed by atoms with E-state index in [2.05, 4.69) is 38.2 Å². The van der Waals surface area contributed by atoms with Crippen molar-refractivity contribution >= 4 is 33.2 Å². The Morgan fingerprint density at radius 1 is 1.00 bits per heavy atom. The number of carbonyl (C=O) groups is 1. The van der Waals surface area contributed by atoms with Gasteiger partial charge < -0.3 is 5.32 Å². The Balaban J connectivity index is 1.85. The number of nitrogens with zero attached hydrogens (tertiary/aromatic N) is 1. The first-order valence-corrected chi connectivity index (χ1v) is 12.9. The van der Waals surface area contributed by atoms with E-state index in [-0.39, 0.29) is 22.9 Å². The van der Waals surface area contributed by atoms with Crippen LogP contribution in [0.25, 0.3) is 0 Å². The number of benzene rings is 3. The van der Waals surface area contributed by atoms with Gasteiger partial charge >= 0.3 is 0 Å². The molecule has 0 aromatic heterocycles. The summed E-state index contributed by atoms with van der Waals surface area (Å²) in [5, 5.41) is 3.31. The first-order valence-electron chi connectivity index (χ1n) is 11.1. The van der Waals surface area contributed by atoms with Crippen LogP contribution in [0.15, 0.2) is 77.7 Å². The normalized spacial score (nSPS) is 12.8. The van der Waals surface area contributed by atoms with Crippen LogP contribution in [-0.4, -0.2) is 20.9 Å². The quantitative estimate of drug-likeness (QED) is 0.433. The number of sulfonamides is 1. The van der Waals surface area contributed by atoms with Gasteiger partial charge in [-0.2, -0.15) is 0 Å². The number of aryl methyl sites for hydroxylation is 1. The highest BCUT2D eigenvalue weighted by Gasteiger charge is 2.28. The standard InChI is InChI=1S/C27H31ClN2O3S/c1-19-9-15-25(16-10-19)34(32,33)30(24-8-6-7-23(28)17-24)18-26(31)29-20(2)21-11-13-22(14-12-21)27(3,4)5/h6-17,20H,18H2,1-5H3,(H,29,31)/t20-/m0/s1. The lowest BCUT2D eigenvalue weighted by Gasteiger charge is -2.25. The van der Waals surface area contributed by atoms with E-state index in [0.29, 0.717) is 10.7 Å². The fourth-order valence-corrected chi connectivity index (χ4v) is 5.15. The van der Waals surface area contributed by atoms with E-state index in [9.17, 15) is 13.2 Å². The van der Waals surface area contributed by atoms with Crippen molar-refractivity contribution in [2.24, 2.45) is 0 Å². The summed E-state index contributed by atoms with van der Waals surface area (Å²) in [6.07, 6.45) is 0. The van der Waals surface area contributed by atoms with Gasteiger partial charge in [-0.1, -0.05) is 80.4 Å². The van der Waals surface area contributed by atoms with Crippen molar-refractivity contribution in [3.63, 3.8) is 0 Å². The summed E-state index contributed by atoms with van der Waals surface area (Å²) in [5.74, 6) is -0.414. The molecule has 0 bridgehead atoms. The van der Waals surface area contributed by atoms with Gasteiger partial charge in [0.1, 0.15) is 6.54 Å². The van der Waals surface area contributed by atoms with Crippen LogP contribution in [0.5, 0.6) is 0 Å². The molecule has 0 unspecified atom stereocenters. The number of hydrogen-bond acceptors (Lipinski definition) is 3. The van der Waals surface area contributed by atoms with Crippen LogP contribution >= 0.6 is 11.6 Å². The average Bonchev–Trinajstić information content (AvgIpc) is 2.77. The molecule has 180 valence electrons. The van der Waals surface area contributed by atoms with E-state index in [1.807, 2.05) is 26.0 Å². The number of amides is 1. The van der Waals surface area contributed by atoms with Crippen molar-refractivity contribution in [2.45, 2.75) is 51.0 Å². The van der Waals surface area contributed by atoms with Gasteiger partial charge in [-0.25, -0.2) is 8.42 Å². The molecule has 0 spiro atoms. The van der Waals surface area contributed by atoms with Crippen molar-refractivity contribution < 1.29 is 13.2 Å². The predicted octanol–water partition coefficient (Wildman–Crippen LogP) is 6.02. The molecule has 3 rings (SSSR count). The summed E-state index contributed by atoms with van der Waals surface area (Å²) in [4.78, 5) is 13.1. The summed E-state index contributed by atoms with van der Waals surface area (Å²) < 4.78 is 28.1. The van der Waals surface area contributed by atoms with Crippen LogP contribution in [0.2, 0.25) is 5.02 Å². The molecule has 0 saturated carbocycles. The highest BCUT2D eigenvalue weighted by molar-refractivity contribution is 7.92. The van der Waals surface area contributed by atoms with Gasteiger partial charge in [0, 0.05) is 5.02 Å². The lowest BCUT2D eigenvalue weighted by atomic mass is 9.86. The van der Waals surface area contributed by atoms with Crippen LogP contribution in [-0.2, 0) is 20.2 Å². The molecule has 0 heterocycles. The molecule has 0 aliphatic carbocycles. The van der Waals surface area contributed by atoms with Gasteiger partial charge in [0.05, 0.1) is 16.6 Å². The molecule has 1 atom stereocenters. The maximum atomic E-state index is 13.5. The van der Waals surface area contributed by atoms with E-state index in [1.165, 1.54) is 11.6 Å². The molecule has 0 aliphatic rings. The molecule has 0 saturated heterocycles. The van der Waals surface area contributed by atoms with Gasteiger partial charge in [-0.3, -0.25) is 9.10 Å². The topological polar surface area (TPSA) is 66.5 Å². The average molecular weight is 499 g/mol. The minimum absolute atomic E-state index is 0.0345. The molecular weight excluding hydrogens is 468 g/mol. The van der Waals surface area contributed by atoms with Crippen molar-refractivity contribution in [3.05, 3.63) is 94.5 Å². The second-order valence-corrected chi connectivity index (χ2v) is 11.8. The number of hydrogen-bond donors (Lipinski definition) is 1. The van der Waals surface area contributed by atoms with E-state index < -0.39 is 15.9 Å². The molecule has 0 radical (unpaired) electrons. The van der Waals surface area contributed by atoms with Crippen molar-refractivity contribution in [1.82, 2.24) is 5.32 Å². The highest BCUT2D eigenvalue weighted by atomic mass is 35.5. The Kier molecular flexibility index (Phi) is 7.74. The fraction of sp³-hybridized carbons (Fsp3) is 0.296. The van der Waals surface area contributed by atoms with Gasteiger partial charge in [-0.05, 0) is 60.7 Å². The third-order valence-electron chi connectivity index (χ3n) is 5.65. The van der Waals surface area contributed by atoms with E-state index in [4.69, 9.17) is 11.6 Å². The maximum absolute atomic E-state index is 13.5. The lowest BCUT2D eigenvalue weighted by Crippen LogP contribution is -2.41. The minimum atomic E-state index is -3.99. The zero-order valence-electron chi connectivity index (χ0n) is 20.2. The Morgan fingerprint density at radius 3 is 2.18 bits per heavy atom. The molecule has 3 aromatic rings. The third-order valence-corrected chi connectivity index (χ3v) is 7.67. The molecule has 0 aliphatic heterocycles. The molecule has 5 nitrogen and oxygen atoms in total. The van der Waals surface area contributed by atoms with Crippen LogP contribution in [0, 0.1) is 6.92 Å². The van der Waals surface area contributed by atoms with Gasteiger partial charge in [0.25, 0.3) is 10.0 Å². The SMILES string of the molecule is Cc1ccc(S(=O)(=O)N(CC(=O)N[C@@H](C)c2ccc(C(C)(C)C)cc2)c2cccc(Cl)c2)cc1. The monoisotopic (exact) mass is 498 g/mol. The molecule has 34 heavy (non-hydrogen) atoms. The molecule has 3 aromatic carbocycles. The van der Waals surface area contributed by atoms with Crippen LogP contribution in [0.3, 0.4) is 0 Å². The first kappa shape index (κ1) is 25.8. The summed E-state index contributed by atoms with van der Waals surface area (Å²) >= 11 is 6.13. The van der Waals surface area contributed by atoms with Crippen LogP contribution < -0.4 is 9.62 Å². The summed E-state index contributed by atoms with van der Waals surface area (Å²) in [5.41, 5.74) is 3.44. The number of carbonyl (C=O) groups excluding carboxylic acids is 1. The molecule has 1 amide bonds. The van der Waals surface area contributed by atoms with E-state index >= 15 is 0 Å². The number of anilines is 1. The van der Waals surface area contributed by atoms with Crippen molar-refractivity contribution in [3.8, 4) is 0 Å². The smallest absolute Gasteiger partial charge is 0.264 e.